The van der Waals surface area contributed by atoms with Gasteiger partial charge in [-0.15, -0.1) is 0 Å². The average Bonchev–Trinajstić information content (AvgIpc) is 2.52. The van der Waals surface area contributed by atoms with Crippen LogP contribution >= 0.6 is 0 Å². The first-order valence-electron chi connectivity index (χ1n) is 6.08. The van der Waals surface area contributed by atoms with E-state index in [4.69, 9.17) is 0 Å². The highest BCUT2D eigenvalue weighted by atomic mass is 16.1. The lowest BCUT2D eigenvalue weighted by Gasteiger charge is -2.21. The Hall–Kier alpha value is -0.330. The van der Waals surface area contributed by atoms with Gasteiger partial charge in [0.25, 0.3) is 0 Å². The van der Waals surface area contributed by atoms with E-state index in [0.717, 1.165) is 31.6 Å². The van der Waals surface area contributed by atoms with E-state index in [1.807, 2.05) is 0 Å². The second-order valence-corrected chi connectivity index (χ2v) is 5.48. The monoisotopic (exact) mass is 196 g/mol. The third-order valence-corrected chi connectivity index (χ3v) is 3.57. The standard InChI is InChI=1S/C13H24O/c1-11(2)7-6-8-12(14)13(3)9-4-5-10-13/h11H,4-10H2,1-3H3. The second-order valence-electron chi connectivity index (χ2n) is 5.48. The Morgan fingerprint density at radius 3 is 2.36 bits per heavy atom. The van der Waals surface area contributed by atoms with Crippen molar-refractivity contribution in [1.82, 2.24) is 0 Å². The number of rotatable bonds is 5. The molecular formula is C13H24O. The zero-order chi connectivity index (χ0) is 10.6. The van der Waals surface area contributed by atoms with Gasteiger partial charge >= 0.3 is 0 Å². The topological polar surface area (TPSA) is 17.1 Å². The highest BCUT2D eigenvalue weighted by Gasteiger charge is 2.34. The van der Waals surface area contributed by atoms with Crippen molar-refractivity contribution in [2.45, 2.75) is 65.7 Å². The lowest BCUT2D eigenvalue weighted by atomic mass is 9.81. The third-order valence-electron chi connectivity index (χ3n) is 3.57. The molecule has 0 N–H and O–H groups in total. The molecule has 0 heterocycles. The SMILES string of the molecule is CC(C)CCCC(=O)C1(C)CCCC1. The van der Waals surface area contributed by atoms with E-state index in [1.54, 1.807) is 0 Å². The fourth-order valence-electron chi connectivity index (χ4n) is 2.41. The average molecular weight is 196 g/mol. The van der Waals surface area contributed by atoms with Gasteiger partial charge in [0.05, 0.1) is 0 Å². The van der Waals surface area contributed by atoms with E-state index >= 15 is 0 Å². The molecule has 1 heteroatoms. The van der Waals surface area contributed by atoms with Crippen LogP contribution in [-0.4, -0.2) is 5.78 Å². The molecule has 0 aliphatic heterocycles. The summed E-state index contributed by atoms with van der Waals surface area (Å²) in [7, 11) is 0. The first-order valence-corrected chi connectivity index (χ1v) is 6.08. The molecule has 1 fully saturated rings. The van der Waals surface area contributed by atoms with Crippen molar-refractivity contribution < 1.29 is 4.79 Å². The van der Waals surface area contributed by atoms with Crippen molar-refractivity contribution in [2.75, 3.05) is 0 Å². The second kappa shape index (κ2) is 4.95. The van der Waals surface area contributed by atoms with E-state index < -0.39 is 0 Å². The normalized spacial score (nSPS) is 20.3. The summed E-state index contributed by atoms with van der Waals surface area (Å²) >= 11 is 0. The fraction of sp³-hybridized carbons (Fsp3) is 0.923. The Labute approximate surface area is 88.3 Å². The third kappa shape index (κ3) is 3.11. The minimum absolute atomic E-state index is 0.0526. The van der Waals surface area contributed by atoms with Crippen LogP contribution in [-0.2, 0) is 4.79 Å². The van der Waals surface area contributed by atoms with Crippen LogP contribution in [0.1, 0.15) is 65.7 Å². The lowest BCUT2D eigenvalue weighted by Crippen LogP contribution is -2.23. The Kier molecular flexibility index (Phi) is 4.15. The zero-order valence-corrected chi connectivity index (χ0v) is 9.94. The van der Waals surface area contributed by atoms with E-state index in [-0.39, 0.29) is 5.41 Å². The molecule has 0 saturated heterocycles. The van der Waals surface area contributed by atoms with Crippen molar-refractivity contribution in [2.24, 2.45) is 11.3 Å². The molecule has 1 rings (SSSR count). The number of hydrogen-bond acceptors (Lipinski definition) is 1. The highest BCUT2D eigenvalue weighted by Crippen LogP contribution is 2.39. The molecule has 0 bridgehead atoms. The van der Waals surface area contributed by atoms with E-state index in [9.17, 15) is 4.79 Å². The number of carbonyl (C=O) groups is 1. The molecule has 0 amide bonds. The van der Waals surface area contributed by atoms with Crippen LogP contribution in [0.4, 0.5) is 0 Å². The summed E-state index contributed by atoms with van der Waals surface area (Å²) in [5.41, 5.74) is 0.0526. The zero-order valence-electron chi connectivity index (χ0n) is 9.94. The summed E-state index contributed by atoms with van der Waals surface area (Å²) in [4.78, 5) is 11.9. The van der Waals surface area contributed by atoms with Gasteiger partial charge in [-0.25, -0.2) is 0 Å². The summed E-state index contributed by atoms with van der Waals surface area (Å²) in [6.07, 6.45) is 7.88. The van der Waals surface area contributed by atoms with Crippen LogP contribution < -0.4 is 0 Å². The molecule has 1 saturated carbocycles. The van der Waals surface area contributed by atoms with Gasteiger partial charge in [-0.2, -0.15) is 0 Å². The van der Waals surface area contributed by atoms with Gasteiger partial charge < -0.3 is 0 Å². The minimum Gasteiger partial charge on any atom is -0.299 e. The first kappa shape index (κ1) is 11.7. The number of Topliss-reactive ketones (excluding diaryl/α,β-unsaturated/α-hetero) is 1. The van der Waals surface area contributed by atoms with Crippen LogP contribution in [0.5, 0.6) is 0 Å². The summed E-state index contributed by atoms with van der Waals surface area (Å²) in [5, 5.41) is 0. The molecule has 1 nitrogen and oxygen atoms in total. The Balaban J connectivity index is 2.27. The molecule has 1 aliphatic carbocycles. The van der Waals surface area contributed by atoms with Crippen molar-refractivity contribution in [1.29, 1.82) is 0 Å². The van der Waals surface area contributed by atoms with Crippen molar-refractivity contribution in [3.05, 3.63) is 0 Å². The van der Waals surface area contributed by atoms with E-state index in [2.05, 4.69) is 20.8 Å². The maximum atomic E-state index is 11.9. The molecule has 14 heavy (non-hydrogen) atoms. The van der Waals surface area contributed by atoms with Gasteiger partial charge in [0, 0.05) is 11.8 Å². The van der Waals surface area contributed by atoms with Gasteiger partial charge in [-0.05, 0) is 25.2 Å². The molecule has 0 aromatic heterocycles. The van der Waals surface area contributed by atoms with Gasteiger partial charge in [-0.1, -0.05) is 40.0 Å². The summed E-state index contributed by atoms with van der Waals surface area (Å²) in [5.74, 6) is 1.26. The molecule has 0 aromatic rings. The maximum absolute atomic E-state index is 11.9. The highest BCUT2D eigenvalue weighted by molar-refractivity contribution is 5.84. The quantitative estimate of drug-likeness (QED) is 0.650. The molecule has 0 radical (unpaired) electrons. The van der Waals surface area contributed by atoms with Crippen LogP contribution in [0.25, 0.3) is 0 Å². The summed E-state index contributed by atoms with van der Waals surface area (Å²) in [6.45, 7) is 6.61. The van der Waals surface area contributed by atoms with Gasteiger partial charge in [0.2, 0.25) is 0 Å². The number of ketones is 1. The summed E-state index contributed by atoms with van der Waals surface area (Å²) in [6, 6.07) is 0. The van der Waals surface area contributed by atoms with Crippen LogP contribution in [0.2, 0.25) is 0 Å². The molecule has 1 aliphatic rings. The minimum atomic E-state index is 0.0526. The lowest BCUT2D eigenvalue weighted by molar-refractivity contribution is -0.127. The molecule has 0 spiro atoms. The Morgan fingerprint density at radius 2 is 1.86 bits per heavy atom. The Morgan fingerprint density at radius 1 is 1.29 bits per heavy atom. The van der Waals surface area contributed by atoms with E-state index in [1.165, 1.54) is 19.3 Å². The molecule has 0 unspecified atom stereocenters. The van der Waals surface area contributed by atoms with E-state index in [0.29, 0.717) is 5.78 Å². The predicted octanol–water partition coefficient (Wildman–Crippen LogP) is 3.96. The molecular weight excluding hydrogens is 172 g/mol. The van der Waals surface area contributed by atoms with Crippen molar-refractivity contribution in [3.8, 4) is 0 Å². The van der Waals surface area contributed by atoms with Gasteiger partial charge in [0.15, 0.2) is 0 Å². The molecule has 0 aromatic carbocycles. The molecule has 82 valence electrons. The summed E-state index contributed by atoms with van der Waals surface area (Å²) < 4.78 is 0. The number of carbonyl (C=O) groups excluding carboxylic acids is 1. The first-order chi connectivity index (χ1) is 6.54. The van der Waals surface area contributed by atoms with Gasteiger partial charge in [0.1, 0.15) is 5.78 Å². The Bertz CT molecular complexity index is 187. The smallest absolute Gasteiger partial charge is 0.138 e. The van der Waals surface area contributed by atoms with Crippen LogP contribution in [0.3, 0.4) is 0 Å². The number of hydrogen-bond donors (Lipinski definition) is 0. The maximum Gasteiger partial charge on any atom is 0.138 e. The largest absolute Gasteiger partial charge is 0.299 e. The fourth-order valence-corrected chi connectivity index (χ4v) is 2.41. The van der Waals surface area contributed by atoms with Crippen molar-refractivity contribution in [3.63, 3.8) is 0 Å². The van der Waals surface area contributed by atoms with Crippen LogP contribution in [0, 0.1) is 11.3 Å². The van der Waals surface area contributed by atoms with Gasteiger partial charge in [-0.3, -0.25) is 4.79 Å². The molecule has 0 atom stereocenters. The van der Waals surface area contributed by atoms with Crippen molar-refractivity contribution >= 4 is 5.78 Å². The van der Waals surface area contributed by atoms with Crippen LogP contribution in [0.15, 0.2) is 0 Å². The predicted molar refractivity (Wildman–Crippen MR) is 60.3 cm³/mol.